The molecule has 1 atom stereocenters. The number of rotatable bonds is 2. The fraction of sp³-hybridized carbons (Fsp3) is 0.600. The zero-order valence-corrected chi connectivity index (χ0v) is 14.7. The molecule has 2 aliphatic carbocycles. The second-order valence-electron chi connectivity index (χ2n) is 8.88. The Morgan fingerprint density at radius 3 is 2.80 bits per heavy atom. The lowest BCUT2D eigenvalue weighted by Crippen LogP contribution is -2.61. The molecule has 3 aliphatic rings. The minimum Gasteiger partial charge on any atom is -0.390 e. The molecular weight excluding hydrogens is 314 g/mol. The number of amides is 1. The number of carbonyl (C=O) groups excluding carboxylic acids is 1. The Labute approximate surface area is 147 Å². The van der Waals surface area contributed by atoms with E-state index in [4.69, 9.17) is 5.10 Å². The fourth-order valence-electron chi connectivity index (χ4n) is 5.26. The summed E-state index contributed by atoms with van der Waals surface area (Å²) in [6.45, 7) is 3.62. The van der Waals surface area contributed by atoms with Gasteiger partial charge in [0.1, 0.15) is 0 Å². The topological polar surface area (TPSA) is 57.8 Å². The Morgan fingerprint density at radius 1 is 1.28 bits per heavy atom. The molecule has 1 amide bonds. The number of aliphatic hydroxyl groups is 1. The number of pyridine rings is 1. The average molecular weight is 339 g/mol. The Morgan fingerprint density at radius 2 is 2.08 bits per heavy atom. The molecule has 1 spiro atoms. The number of hydrogen-bond donors (Lipinski definition) is 1. The Kier molecular flexibility index (Phi) is 3.12. The van der Waals surface area contributed by atoms with Crippen molar-refractivity contribution in [1.29, 1.82) is 0 Å². The van der Waals surface area contributed by atoms with Crippen LogP contribution in [-0.2, 0) is 4.79 Å². The summed E-state index contributed by atoms with van der Waals surface area (Å²) in [7, 11) is 0. The van der Waals surface area contributed by atoms with Crippen LogP contribution in [0, 0.1) is 11.3 Å². The zero-order valence-electron chi connectivity index (χ0n) is 14.7. The highest BCUT2D eigenvalue weighted by molar-refractivity contribution is 5.81. The molecule has 5 heteroatoms. The van der Waals surface area contributed by atoms with Crippen LogP contribution in [0.1, 0.15) is 50.6 Å². The van der Waals surface area contributed by atoms with E-state index in [-0.39, 0.29) is 11.8 Å². The van der Waals surface area contributed by atoms with Crippen LogP contribution in [0.25, 0.3) is 5.52 Å². The van der Waals surface area contributed by atoms with Gasteiger partial charge < -0.3 is 10.0 Å². The molecule has 132 valence electrons. The second-order valence-corrected chi connectivity index (χ2v) is 8.88. The largest absolute Gasteiger partial charge is 0.390 e. The van der Waals surface area contributed by atoms with Crippen molar-refractivity contribution in [3.8, 4) is 0 Å². The lowest BCUT2D eigenvalue weighted by Gasteiger charge is -2.52. The molecular formula is C20H25N3O2. The fourth-order valence-corrected chi connectivity index (χ4v) is 5.26. The average Bonchev–Trinajstić information content (AvgIpc) is 3.14. The van der Waals surface area contributed by atoms with E-state index in [9.17, 15) is 9.90 Å². The SMILES string of the molecule is CC1(O)CC(C(=O)N2CC3(CCC(c4cc5ccccn5n4)C3)C2)C1. The van der Waals surface area contributed by atoms with Gasteiger partial charge in [-0.3, -0.25) is 4.79 Å². The highest BCUT2D eigenvalue weighted by Gasteiger charge is 2.53. The molecule has 1 unspecified atom stereocenters. The van der Waals surface area contributed by atoms with Crippen LogP contribution in [0.3, 0.4) is 0 Å². The highest BCUT2D eigenvalue weighted by atomic mass is 16.3. The van der Waals surface area contributed by atoms with Crippen LogP contribution < -0.4 is 0 Å². The van der Waals surface area contributed by atoms with Gasteiger partial charge >= 0.3 is 0 Å². The van der Waals surface area contributed by atoms with Gasteiger partial charge in [-0.25, -0.2) is 4.52 Å². The van der Waals surface area contributed by atoms with Crippen molar-refractivity contribution < 1.29 is 9.90 Å². The van der Waals surface area contributed by atoms with Crippen LogP contribution in [-0.4, -0.2) is 44.2 Å². The number of hydrogen-bond acceptors (Lipinski definition) is 3. The Hall–Kier alpha value is -1.88. The van der Waals surface area contributed by atoms with E-state index >= 15 is 0 Å². The minimum atomic E-state index is -0.621. The predicted octanol–water partition coefficient (Wildman–Crippen LogP) is 2.59. The van der Waals surface area contributed by atoms with Crippen molar-refractivity contribution in [3.05, 3.63) is 36.2 Å². The molecule has 5 rings (SSSR count). The van der Waals surface area contributed by atoms with Gasteiger partial charge in [0, 0.05) is 36.5 Å². The van der Waals surface area contributed by atoms with Crippen LogP contribution in [0.5, 0.6) is 0 Å². The van der Waals surface area contributed by atoms with E-state index in [0.29, 0.717) is 24.2 Å². The quantitative estimate of drug-likeness (QED) is 0.915. The smallest absolute Gasteiger partial charge is 0.225 e. The third kappa shape index (κ3) is 2.48. The van der Waals surface area contributed by atoms with E-state index in [1.54, 1.807) is 0 Å². The molecule has 3 heterocycles. The highest BCUT2D eigenvalue weighted by Crippen LogP contribution is 2.52. The summed E-state index contributed by atoms with van der Waals surface area (Å²) in [5, 5.41) is 14.6. The summed E-state index contributed by atoms with van der Waals surface area (Å²) in [5.41, 5.74) is 2.04. The van der Waals surface area contributed by atoms with Gasteiger partial charge in [0.05, 0.1) is 16.8 Å². The van der Waals surface area contributed by atoms with E-state index in [0.717, 1.165) is 25.0 Å². The third-order valence-corrected chi connectivity index (χ3v) is 6.60. The molecule has 2 aromatic heterocycles. The second kappa shape index (κ2) is 5.07. The van der Waals surface area contributed by atoms with E-state index < -0.39 is 5.60 Å². The van der Waals surface area contributed by atoms with Crippen molar-refractivity contribution in [2.75, 3.05) is 13.1 Å². The lowest BCUT2D eigenvalue weighted by atomic mass is 9.69. The van der Waals surface area contributed by atoms with Gasteiger partial charge in [0.2, 0.25) is 5.91 Å². The van der Waals surface area contributed by atoms with E-state index in [1.165, 1.54) is 18.5 Å². The first-order valence-corrected chi connectivity index (χ1v) is 9.39. The van der Waals surface area contributed by atoms with Crippen molar-refractivity contribution in [2.24, 2.45) is 11.3 Å². The number of fused-ring (bicyclic) bond motifs is 1. The number of aromatic nitrogens is 2. The summed E-state index contributed by atoms with van der Waals surface area (Å²) in [4.78, 5) is 14.5. The van der Waals surface area contributed by atoms with Crippen molar-refractivity contribution in [2.45, 2.75) is 50.5 Å². The molecule has 2 saturated carbocycles. The summed E-state index contributed by atoms with van der Waals surface area (Å²) >= 11 is 0. The lowest BCUT2D eigenvalue weighted by molar-refractivity contribution is -0.161. The first-order chi connectivity index (χ1) is 11.9. The van der Waals surface area contributed by atoms with E-state index in [1.807, 2.05) is 34.7 Å². The normalized spacial score (nSPS) is 33.4. The van der Waals surface area contributed by atoms with Gasteiger partial charge in [-0.1, -0.05) is 6.07 Å². The molecule has 0 aromatic carbocycles. The van der Waals surface area contributed by atoms with Crippen LogP contribution >= 0.6 is 0 Å². The summed E-state index contributed by atoms with van der Waals surface area (Å²) in [6, 6.07) is 8.36. The summed E-state index contributed by atoms with van der Waals surface area (Å²) in [6.07, 6.45) is 6.75. The molecule has 1 N–H and O–H groups in total. The zero-order chi connectivity index (χ0) is 17.2. The molecule has 0 radical (unpaired) electrons. The predicted molar refractivity (Wildman–Crippen MR) is 94.1 cm³/mol. The third-order valence-electron chi connectivity index (χ3n) is 6.60. The molecule has 25 heavy (non-hydrogen) atoms. The van der Waals surface area contributed by atoms with Gasteiger partial charge in [0.25, 0.3) is 0 Å². The first kappa shape index (κ1) is 15.4. The van der Waals surface area contributed by atoms with Crippen molar-refractivity contribution >= 4 is 11.4 Å². The summed E-state index contributed by atoms with van der Waals surface area (Å²) < 4.78 is 1.96. The van der Waals surface area contributed by atoms with Crippen molar-refractivity contribution in [3.63, 3.8) is 0 Å². The maximum absolute atomic E-state index is 12.5. The summed E-state index contributed by atoms with van der Waals surface area (Å²) in [5.74, 6) is 0.818. The monoisotopic (exact) mass is 339 g/mol. The van der Waals surface area contributed by atoms with Crippen molar-refractivity contribution in [1.82, 2.24) is 14.5 Å². The molecule has 2 aromatic rings. The maximum atomic E-state index is 12.5. The van der Waals surface area contributed by atoms with Crippen LogP contribution in [0.2, 0.25) is 0 Å². The van der Waals surface area contributed by atoms with Crippen LogP contribution in [0.4, 0.5) is 0 Å². The molecule has 3 fully saturated rings. The minimum absolute atomic E-state index is 0.0444. The van der Waals surface area contributed by atoms with Gasteiger partial charge in [-0.05, 0) is 57.2 Å². The number of nitrogens with zero attached hydrogens (tertiary/aromatic N) is 3. The standard InChI is InChI=1S/C20H25N3O2/c1-19(25)9-15(10-19)18(24)22-12-20(13-22)6-5-14(11-20)17-8-16-4-2-3-7-23(16)21-17/h2-4,7-8,14-15,25H,5-6,9-13H2,1H3. The Bertz CT molecular complexity index is 793. The Balaban J connectivity index is 1.22. The maximum Gasteiger partial charge on any atom is 0.225 e. The van der Waals surface area contributed by atoms with Gasteiger partial charge in [-0.2, -0.15) is 5.10 Å². The first-order valence-electron chi connectivity index (χ1n) is 9.39. The molecule has 0 bridgehead atoms. The number of likely N-dealkylation sites (tertiary alicyclic amines) is 1. The van der Waals surface area contributed by atoms with Gasteiger partial charge in [0.15, 0.2) is 0 Å². The van der Waals surface area contributed by atoms with Crippen LogP contribution in [0.15, 0.2) is 30.5 Å². The van der Waals surface area contributed by atoms with E-state index in [2.05, 4.69) is 12.1 Å². The molecule has 1 saturated heterocycles. The molecule has 1 aliphatic heterocycles. The van der Waals surface area contributed by atoms with Gasteiger partial charge in [-0.15, -0.1) is 0 Å². The number of carbonyl (C=O) groups is 1. The molecule has 5 nitrogen and oxygen atoms in total.